The number of nitrogens with zero attached hydrogens (tertiary/aromatic N) is 1. The third kappa shape index (κ3) is 1.88. The molecule has 86 valence electrons. The largest absolute Gasteiger partial charge is 0.354 e. The summed E-state index contributed by atoms with van der Waals surface area (Å²) in [5.41, 5.74) is 0.559. The minimum atomic E-state index is -3.39. The van der Waals surface area contributed by atoms with Gasteiger partial charge in [0.25, 0.3) is 0 Å². The van der Waals surface area contributed by atoms with E-state index >= 15 is 0 Å². The van der Waals surface area contributed by atoms with Gasteiger partial charge in [0.2, 0.25) is 10.0 Å². The molecule has 16 heavy (non-hydrogen) atoms. The van der Waals surface area contributed by atoms with E-state index in [0.717, 1.165) is 0 Å². The number of para-hydroxylation sites is 1. The van der Waals surface area contributed by atoms with E-state index in [-0.39, 0.29) is 5.82 Å². The van der Waals surface area contributed by atoms with Crippen LogP contribution in [-0.4, -0.2) is 18.8 Å². The van der Waals surface area contributed by atoms with Crippen molar-refractivity contribution >= 4 is 26.8 Å². The summed E-state index contributed by atoms with van der Waals surface area (Å²) in [6, 6.07) is 7.08. The monoisotopic (exact) mass is 240 g/mol. The molecule has 1 aromatic carbocycles. The zero-order chi connectivity index (χ0) is 11.8. The van der Waals surface area contributed by atoms with Gasteiger partial charge in [-0.25, -0.2) is 8.42 Å². The number of anilines is 1. The smallest absolute Gasteiger partial charge is 0.236 e. The van der Waals surface area contributed by atoms with Crippen molar-refractivity contribution in [3.63, 3.8) is 0 Å². The summed E-state index contributed by atoms with van der Waals surface area (Å²) in [5, 5.41) is 3.85. The average Bonchev–Trinajstić information content (AvgIpc) is 2.61. The number of benzene rings is 1. The van der Waals surface area contributed by atoms with E-state index in [9.17, 15) is 8.42 Å². The molecule has 0 atom stereocenters. The normalized spacial score (nSPS) is 12.2. The fraction of sp³-hybridized carbons (Fsp3) is 0.300. The van der Waals surface area contributed by atoms with Gasteiger partial charge in [0, 0.05) is 0 Å². The summed E-state index contributed by atoms with van der Waals surface area (Å²) in [6.07, 6.45) is 0. The zero-order valence-electron chi connectivity index (χ0n) is 8.97. The second-order valence-corrected chi connectivity index (χ2v) is 5.96. The van der Waals surface area contributed by atoms with E-state index in [1.807, 2.05) is 0 Å². The molecule has 5 nitrogen and oxygen atoms in total. The van der Waals surface area contributed by atoms with Gasteiger partial charge in [0.15, 0.2) is 11.4 Å². The van der Waals surface area contributed by atoms with Crippen molar-refractivity contribution in [2.45, 2.75) is 19.1 Å². The second-order valence-electron chi connectivity index (χ2n) is 3.72. The van der Waals surface area contributed by atoms with Crippen LogP contribution in [0.5, 0.6) is 0 Å². The molecular weight excluding hydrogens is 228 g/mol. The molecule has 0 aliphatic heterocycles. The van der Waals surface area contributed by atoms with Crippen LogP contribution in [0.4, 0.5) is 5.82 Å². The molecule has 0 saturated heterocycles. The van der Waals surface area contributed by atoms with Gasteiger partial charge in [-0.1, -0.05) is 17.3 Å². The molecule has 1 N–H and O–H groups in total. The molecule has 0 radical (unpaired) electrons. The van der Waals surface area contributed by atoms with Crippen LogP contribution in [-0.2, 0) is 10.0 Å². The average molecular weight is 240 g/mol. The fourth-order valence-corrected chi connectivity index (χ4v) is 1.86. The number of hydrogen-bond acceptors (Lipinski definition) is 4. The predicted molar refractivity (Wildman–Crippen MR) is 61.7 cm³/mol. The number of fused-ring (bicyclic) bond motifs is 1. The van der Waals surface area contributed by atoms with Gasteiger partial charge >= 0.3 is 0 Å². The molecule has 0 aliphatic rings. The molecular formula is C10H12N2O3S. The third-order valence-electron chi connectivity index (χ3n) is 2.24. The van der Waals surface area contributed by atoms with Gasteiger partial charge in [-0.2, -0.15) is 0 Å². The van der Waals surface area contributed by atoms with Crippen LogP contribution >= 0.6 is 0 Å². The van der Waals surface area contributed by atoms with E-state index in [1.54, 1.807) is 38.1 Å². The maximum atomic E-state index is 11.6. The van der Waals surface area contributed by atoms with Gasteiger partial charge in [0.1, 0.15) is 0 Å². The van der Waals surface area contributed by atoms with Crippen LogP contribution in [0.15, 0.2) is 28.8 Å². The van der Waals surface area contributed by atoms with Crippen LogP contribution < -0.4 is 4.72 Å². The van der Waals surface area contributed by atoms with Crippen LogP contribution in [0, 0.1) is 0 Å². The predicted octanol–water partition coefficient (Wildman–Crippen LogP) is 1.98. The molecule has 0 saturated carbocycles. The first-order valence-electron chi connectivity index (χ1n) is 4.87. The standard InChI is InChI=1S/C10H12N2O3S/c1-7(2)16(13,14)12-10-8-5-3-4-6-9(8)15-11-10/h3-7H,1-2H3,(H,11,12). The molecule has 6 heteroatoms. The Kier molecular flexibility index (Phi) is 2.59. The summed E-state index contributed by atoms with van der Waals surface area (Å²) in [5.74, 6) is 0.240. The van der Waals surface area contributed by atoms with Gasteiger partial charge in [-0.05, 0) is 26.0 Å². The van der Waals surface area contributed by atoms with E-state index < -0.39 is 15.3 Å². The van der Waals surface area contributed by atoms with Crippen molar-refractivity contribution < 1.29 is 12.9 Å². The highest BCUT2D eigenvalue weighted by Gasteiger charge is 2.19. The number of nitrogens with one attached hydrogen (secondary N) is 1. The van der Waals surface area contributed by atoms with E-state index in [0.29, 0.717) is 11.0 Å². The van der Waals surface area contributed by atoms with Crippen LogP contribution in [0.3, 0.4) is 0 Å². The van der Waals surface area contributed by atoms with Crippen molar-refractivity contribution in [2.75, 3.05) is 4.72 Å². The molecule has 2 rings (SSSR count). The minimum absolute atomic E-state index is 0.240. The Morgan fingerprint density at radius 1 is 1.31 bits per heavy atom. The first kappa shape index (κ1) is 10.9. The lowest BCUT2D eigenvalue weighted by Gasteiger charge is -2.07. The summed E-state index contributed by atoms with van der Waals surface area (Å²) >= 11 is 0. The Bertz CT molecular complexity index is 601. The Morgan fingerprint density at radius 2 is 2.00 bits per heavy atom. The van der Waals surface area contributed by atoms with Crippen LogP contribution in [0.1, 0.15) is 13.8 Å². The number of hydrogen-bond donors (Lipinski definition) is 1. The Balaban J connectivity index is 2.43. The molecule has 0 aliphatic carbocycles. The summed E-state index contributed by atoms with van der Waals surface area (Å²) in [7, 11) is -3.39. The maximum Gasteiger partial charge on any atom is 0.236 e. The quantitative estimate of drug-likeness (QED) is 0.890. The van der Waals surface area contributed by atoms with Gasteiger partial charge in [-0.3, -0.25) is 4.72 Å². The summed E-state index contributed by atoms with van der Waals surface area (Å²) < 4.78 is 30.7. The van der Waals surface area contributed by atoms with E-state index in [1.165, 1.54) is 0 Å². The SMILES string of the molecule is CC(C)S(=O)(=O)Nc1noc2ccccc12. The lowest BCUT2D eigenvalue weighted by molar-refractivity contribution is 0.460. The fourth-order valence-electron chi connectivity index (χ4n) is 1.21. The second kappa shape index (κ2) is 3.79. The molecule has 0 fully saturated rings. The Hall–Kier alpha value is -1.56. The van der Waals surface area contributed by atoms with Crippen LogP contribution in [0.2, 0.25) is 0 Å². The van der Waals surface area contributed by atoms with Gasteiger partial charge < -0.3 is 4.52 Å². The Labute approximate surface area is 93.5 Å². The van der Waals surface area contributed by atoms with Crippen molar-refractivity contribution in [1.29, 1.82) is 0 Å². The Morgan fingerprint density at radius 3 is 2.69 bits per heavy atom. The van der Waals surface area contributed by atoms with Crippen LogP contribution in [0.25, 0.3) is 11.0 Å². The molecule has 0 spiro atoms. The highest BCUT2D eigenvalue weighted by molar-refractivity contribution is 7.93. The molecule has 0 unspecified atom stereocenters. The lowest BCUT2D eigenvalue weighted by Crippen LogP contribution is -2.22. The zero-order valence-corrected chi connectivity index (χ0v) is 9.78. The van der Waals surface area contributed by atoms with E-state index in [4.69, 9.17) is 4.52 Å². The lowest BCUT2D eigenvalue weighted by atomic mass is 10.2. The molecule has 2 aromatic rings. The number of aromatic nitrogens is 1. The number of sulfonamides is 1. The van der Waals surface area contributed by atoms with Crippen molar-refractivity contribution in [3.05, 3.63) is 24.3 Å². The van der Waals surface area contributed by atoms with Crippen molar-refractivity contribution in [2.24, 2.45) is 0 Å². The van der Waals surface area contributed by atoms with Crippen molar-refractivity contribution in [1.82, 2.24) is 5.16 Å². The molecule has 0 amide bonds. The molecule has 1 heterocycles. The topological polar surface area (TPSA) is 72.2 Å². The first-order valence-corrected chi connectivity index (χ1v) is 6.41. The van der Waals surface area contributed by atoms with Gasteiger partial charge in [0.05, 0.1) is 10.6 Å². The minimum Gasteiger partial charge on any atom is -0.354 e. The van der Waals surface area contributed by atoms with Crippen molar-refractivity contribution in [3.8, 4) is 0 Å². The summed E-state index contributed by atoms with van der Waals surface area (Å²) in [4.78, 5) is 0. The summed E-state index contributed by atoms with van der Waals surface area (Å²) in [6.45, 7) is 3.20. The highest BCUT2D eigenvalue weighted by Crippen LogP contribution is 2.23. The van der Waals surface area contributed by atoms with E-state index in [2.05, 4.69) is 9.88 Å². The molecule has 0 bridgehead atoms. The maximum absolute atomic E-state index is 11.6. The highest BCUT2D eigenvalue weighted by atomic mass is 32.2. The van der Waals surface area contributed by atoms with Gasteiger partial charge in [-0.15, -0.1) is 0 Å². The first-order chi connectivity index (χ1) is 7.50. The molecule has 1 aromatic heterocycles. The number of rotatable bonds is 3. The third-order valence-corrected chi connectivity index (χ3v) is 3.96.